The molecule has 2 N–H and O–H groups in total. The van der Waals surface area contributed by atoms with Crippen LogP contribution in [0.2, 0.25) is 0 Å². The van der Waals surface area contributed by atoms with Gasteiger partial charge in [-0.15, -0.1) is 11.3 Å². The number of carbonyl (C=O) groups is 1. The third-order valence-corrected chi connectivity index (χ3v) is 6.83. The fraction of sp³-hybridized carbons (Fsp3) is 0.143. The second kappa shape index (κ2) is 8.29. The van der Waals surface area contributed by atoms with Gasteiger partial charge in [-0.1, -0.05) is 54.2 Å². The topological polar surface area (TPSA) is 100.0 Å². The molecule has 0 atom stereocenters. The van der Waals surface area contributed by atoms with Crippen molar-refractivity contribution >= 4 is 44.9 Å². The van der Waals surface area contributed by atoms with Crippen LogP contribution in [0.3, 0.4) is 0 Å². The number of thiazole rings is 1. The second-order valence-electron chi connectivity index (χ2n) is 6.64. The number of ketones is 1. The van der Waals surface area contributed by atoms with Crippen molar-refractivity contribution in [3.05, 3.63) is 86.6 Å². The number of thioether (sulfide) groups is 1. The van der Waals surface area contributed by atoms with Crippen molar-refractivity contribution in [1.82, 2.24) is 14.1 Å². The van der Waals surface area contributed by atoms with Crippen molar-refractivity contribution in [3.8, 4) is 0 Å². The van der Waals surface area contributed by atoms with Gasteiger partial charge < -0.3 is 5.73 Å². The molecule has 0 aliphatic carbocycles. The lowest BCUT2D eigenvalue weighted by atomic mass is 10.2. The first-order valence-electron chi connectivity index (χ1n) is 9.10. The van der Waals surface area contributed by atoms with Crippen LogP contribution in [0.25, 0.3) is 10.2 Å². The van der Waals surface area contributed by atoms with Crippen molar-refractivity contribution in [2.45, 2.75) is 10.9 Å². The maximum atomic E-state index is 12.9. The van der Waals surface area contributed by atoms with Crippen LogP contribution in [-0.4, -0.2) is 25.7 Å². The van der Waals surface area contributed by atoms with Gasteiger partial charge in [0.05, 0.1) is 22.5 Å². The molecule has 4 aromatic rings. The molecule has 0 unspecified atom stereocenters. The Labute approximate surface area is 179 Å². The molecule has 0 saturated carbocycles. The Balaban J connectivity index is 1.64. The predicted octanol–water partition coefficient (Wildman–Crippen LogP) is 2.76. The quantitative estimate of drug-likeness (QED) is 0.367. The van der Waals surface area contributed by atoms with E-state index in [-0.39, 0.29) is 23.7 Å². The molecule has 0 spiro atoms. The van der Waals surface area contributed by atoms with Crippen LogP contribution in [0.1, 0.15) is 15.9 Å². The molecule has 2 aromatic carbocycles. The Morgan fingerprint density at radius 1 is 1.10 bits per heavy atom. The van der Waals surface area contributed by atoms with Gasteiger partial charge in [-0.3, -0.25) is 18.7 Å². The molecule has 0 amide bonds. The highest BCUT2D eigenvalue weighted by Crippen LogP contribution is 2.29. The molecule has 9 heteroatoms. The van der Waals surface area contributed by atoms with E-state index in [1.54, 1.807) is 0 Å². The van der Waals surface area contributed by atoms with E-state index < -0.39 is 17.0 Å². The third kappa shape index (κ3) is 3.81. The zero-order valence-corrected chi connectivity index (χ0v) is 17.7. The summed E-state index contributed by atoms with van der Waals surface area (Å²) >= 11 is 2.74. The van der Waals surface area contributed by atoms with E-state index in [0.717, 1.165) is 24.7 Å². The number of hydrogen-bond donors (Lipinski definition) is 1. The van der Waals surface area contributed by atoms with Gasteiger partial charge in [-0.2, -0.15) is 0 Å². The largest absolute Gasteiger partial charge is 0.384 e. The van der Waals surface area contributed by atoms with Crippen molar-refractivity contribution in [2.75, 3.05) is 11.5 Å². The summed E-state index contributed by atoms with van der Waals surface area (Å²) in [7, 11) is 1.35. The molecular formula is C21H18N4O3S2. The number of rotatable bonds is 6. The highest BCUT2D eigenvalue weighted by molar-refractivity contribution is 8.01. The zero-order valence-electron chi connectivity index (χ0n) is 16.1. The normalized spacial score (nSPS) is 11.1. The van der Waals surface area contributed by atoms with Gasteiger partial charge in [-0.05, 0) is 17.7 Å². The monoisotopic (exact) mass is 438 g/mol. The fourth-order valence-electron chi connectivity index (χ4n) is 3.08. The lowest BCUT2D eigenvalue weighted by Gasteiger charge is -2.14. The van der Waals surface area contributed by atoms with Crippen molar-refractivity contribution in [3.63, 3.8) is 0 Å². The number of nitrogen functional groups attached to an aromatic ring is 1. The van der Waals surface area contributed by atoms with Gasteiger partial charge in [-0.25, -0.2) is 9.78 Å². The number of carbonyl (C=O) groups excluding carboxylic acids is 1. The summed E-state index contributed by atoms with van der Waals surface area (Å²) in [5.41, 5.74) is 6.44. The Kier molecular flexibility index (Phi) is 5.56. The zero-order chi connectivity index (χ0) is 21.3. The molecule has 152 valence electrons. The number of aromatic nitrogens is 3. The van der Waals surface area contributed by atoms with E-state index in [9.17, 15) is 14.4 Å². The summed E-state index contributed by atoms with van der Waals surface area (Å²) < 4.78 is 3.94. The highest BCUT2D eigenvalue weighted by atomic mass is 32.2. The summed E-state index contributed by atoms with van der Waals surface area (Å²) in [6, 6.07) is 17.0. The molecule has 0 radical (unpaired) electrons. The van der Waals surface area contributed by atoms with Crippen molar-refractivity contribution < 1.29 is 4.79 Å². The third-order valence-electron chi connectivity index (χ3n) is 4.65. The summed E-state index contributed by atoms with van der Waals surface area (Å²) in [6.45, 7) is 0.172. The Bertz CT molecular complexity index is 1320. The molecule has 2 aromatic heterocycles. The maximum absolute atomic E-state index is 12.9. The molecular weight excluding hydrogens is 420 g/mol. The number of anilines is 1. The van der Waals surface area contributed by atoms with Crippen LogP contribution in [0.4, 0.5) is 5.82 Å². The maximum Gasteiger partial charge on any atom is 0.332 e. The number of para-hydroxylation sites is 1. The van der Waals surface area contributed by atoms with Crippen molar-refractivity contribution in [2.24, 2.45) is 7.05 Å². The number of Topliss-reactive ketones (excluding diaryl/α,β-unsaturated/α-hetero) is 1. The van der Waals surface area contributed by atoms with Crippen LogP contribution in [-0.2, 0) is 13.6 Å². The van der Waals surface area contributed by atoms with E-state index in [1.165, 1.54) is 34.7 Å². The molecule has 0 aliphatic rings. The average molecular weight is 439 g/mol. The smallest absolute Gasteiger partial charge is 0.332 e. The number of benzene rings is 2. The minimum atomic E-state index is -0.684. The van der Waals surface area contributed by atoms with E-state index in [1.807, 2.05) is 54.6 Å². The fourth-order valence-corrected chi connectivity index (χ4v) is 5.02. The minimum absolute atomic E-state index is 0.00278. The van der Waals surface area contributed by atoms with Gasteiger partial charge in [0.1, 0.15) is 11.4 Å². The molecule has 0 bridgehead atoms. The van der Waals surface area contributed by atoms with Crippen molar-refractivity contribution in [1.29, 1.82) is 0 Å². The van der Waals surface area contributed by atoms with Crippen LogP contribution in [0, 0.1) is 0 Å². The van der Waals surface area contributed by atoms with E-state index >= 15 is 0 Å². The summed E-state index contributed by atoms with van der Waals surface area (Å²) in [5.74, 6) is -0.538. The molecule has 7 nitrogen and oxygen atoms in total. The highest BCUT2D eigenvalue weighted by Gasteiger charge is 2.22. The molecule has 2 heterocycles. The average Bonchev–Trinajstić information content (AvgIpc) is 3.18. The summed E-state index contributed by atoms with van der Waals surface area (Å²) in [4.78, 5) is 42.6. The van der Waals surface area contributed by atoms with Gasteiger partial charge >= 0.3 is 5.69 Å². The van der Waals surface area contributed by atoms with Crippen LogP contribution in [0.15, 0.2) is 68.5 Å². The number of nitrogens with two attached hydrogens (primary N) is 1. The summed E-state index contributed by atoms with van der Waals surface area (Å²) in [5, 5.41) is 0. The van der Waals surface area contributed by atoms with E-state index in [4.69, 9.17) is 5.73 Å². The van der Waals surface area contributed by atoms with Crippen LogP contribution < -0.4 is 17.0 Å². The van der Waals surface area contributed by atoms with E-state index in [0.29, 0.717) is 0 Å². The standard InChI is InChI=1S/C21H18N4O3S2/c1-24-19(27)17(18(22)25(21(24)28)11-13-7-3-2-4-8-13)15(26)12-29-20-23-14-9-5-6-10-16(14)30-20/h2-10H,11-12,22H2,1H3. The predicted molar refractivity (Wildman–Crippen MR) is 121 cm³/mol. The number of nitrogens with zero attached hydrogens (tertiary/aromatic N) is 3. The van der Waals surface area contributed by atoms with Gasteiger partial charge in [0, 0.05) is 7.05 Å². The Hall–Kier alpha value is -3.17. The van der Waals surface area contributed by atoms with Gasteiger partial charge in [0.2, 0.25) is 0 Å². The molecule has 0 aliphatic heterocycles. The molecule has 4 rings (SSSR count). The molecule has 0 fully saturated rings. The van der Waals surface area contributed by atoms with E-state index in [2.05, 4.69) is 4.98 Å². The van der Waals surface area contributed by atoms with Gasteiger partial charge in [0.15, 0.2) is 10.1 Å². The minimum Gasteiger partial charge on any atom is -0.384 e. The number of fused-ring (bicyclic) bond motifs is 1. The van der Waals surface area contributed by atoms with Crippen LogP contribution >= 0.6 is 23.1 Å². The Morgan fingerprint density at radius 3 is 2.53 bits per heavy atom. The summed E-state index contributed by atoms with van der Waals surface area (Å²) in [6.07, 6.45) is 0. The molecule has 30 heavy (non-hydrogen) atoms. The first kappa shape index (κ1) is 20.1. The second-order valence-corrected chi connectivity index (χ2v) is 8.89. The Morgan fingerprint density at radius 2 is 1.80 bits per heavy atom. The first-order valence-corrected chi connectivity index (χ1v) is 10.9. The lowest BCUT2D eigenvalue weighted by Crippen LogP contribution is -2.43. The SMILES string of the molecule is Cn1c(=O)c(C(=O)CSc2nc3ccccc3s2)c(N)n(Cc2ccccc2)c1=O. The van der Waals surface area contributed by atoms with Gasteiger partial charge in [0.25, 0.3) is 5.56 Å². The number of hydrogen-bond acceptors (Lipinski definition) is 7. The first-order chi connectivity index (χ1) is 14.5. The molecule has 0 saturated heterocycles. The lowest BCUT2D eigenvalue weighted by molar-refractivity contribution is 0.102. The van der Waals surface area contributed by atoms with Crippen LogP contribution in [0.5, 0.6) is 0 Å².